The summed E-state index contributed by atoms with van der Waals surface area (Å²) >= 11 is 4.65. The van der Waals surface area contributed by atoms with Crippen molar-refractivity contribution < 1.29 is 69.4 Å². The Morgan fingerprint density at radius 1 is 1.19 bits per heavy atom. The highest BCUT2D eigenvalue weighted by atomic mass is 32.1. The number of aliphatic hydroxyl groups excluding tert-OH is 1. The highest BCUT2D eigenvalue weighted by Crippen LogP contribution is 2.66. The number of halogens is 3. The Balaban J connectivity index is 2.27. The molecule has 3 unspecified atom stereocenters. The third kappa shape index (κ3) is 6.21. The molecular weight excluding hydrogens is 538 g/mol. The summed E-state index contributed by atoms with van der Waals surface area (Å²) in [6, 6.07) is 1.01. The molecule has 6 N–H and O–H groups in total. The summed E-state index contributed by atoms with van der Waals surface area (Å²) in [5.41, 5.74) is -4.85. The van der Waals surface area contributed by atoms with Crippen molar-refractivity contribution in [1.82, 2.24) is 9.55 Å². The monoisotopic (exact) mass is 552 g/mol. The van der Waals surface area contributed by atoms with E-state index in [0.717, 1.165) is 12.3 Å². The third-order valence-electron chi connectivity index (χ3n) is 3.73. The Hall–Kier alpha value is -0.780. The molecule has 1 saturated heterocycles. The molecule has 22 heteroatoms. The average molecular weight is 552 g/mol. The molecule has 32 heavy (non-hydrogen) atoms. The van der Waals surface area contributed by atoms with E-state index in [0.29, 0.717) is 0 Å². The molecule has 0 aliphatic carbocycles. The maximum Gasteiger partial charge on any atom is 0.490 e. The largest absolute Gasteiger partial charge is 0.490 e. The van der Waals surface area contributed by atoms with E-state index >= 15 is 8.78 Å². The summed E-state index contributed by atoms with van der Waals surface area (Å²) in [7, 11) is -17.6. The van der Waals surface area contributed by atoms with Gasteiger partial charge in [0.15, 0.2) is 12.3 Å². The van der Waals surface area contributed by atoms with Crippen molar-refractivity contribution in [3.8, 4) is 0 Å². The Morgan fingerprint density at radius 3 is 2.28 bits per heavy atom. The number of hydrogen-bond donors (Lipinski definition) is 6. The SMILES string of the molecule is O=c1[nH]c(=S)ccn1[C@@H]1O[C@](F)(COP(=O)(O)OP(=O)(O)OP(=O)(O)O)[C@H](O)C1(F)CF. The van der Waals surface area contributed by atoms with Gasteiger partial charge in [0.05, 0.1) is 0 Å². The number of ether oxygens (including phenoxy) is 1. The fraction of sp³-hybridized carbons (Fsp3) is 0.600. The minimum absolute atomic E-state index is 0.145. The second kappa shape index (κ2) is 9.11. The van der Waals surface area contributed by atoms with E-state index in [-0.39, 0.29) is 9.21 Å². The maximum absolute atomic E-state index is 15.0. The molecule has 1 aliphatic rings. The molecule has 1 aromatic rings. The van der Waals surface area contributed by atoms with Gasteiger partial charge in [-0.2, -0.15) is 8.62 Å². The van der Waals surface area contributed by atoms with E-state index in [2.05, 4.69) is 30.1 Å². The van der Waals surface area contributed by atoms with Gasteiger partial charge in [0.1, 0.15) is 17.9 Å². The lowest BCUT2D eigenvalue weighted by Crippen LogP contribution is -2.50. The zero-order valence-corrected chi connectivity index (χ0v) is 18.6. The lowest BCUT2D eigenvalue weighted by atomic mass is 9.96. The highest BCUT2D eigenvalue weighted by Gasteiger charge is 2.67. The van der Waals surface area contributed by atoms with Gasteiger partial charge < -0.3 is 29.4 Å². The molecule has 2 rings (SSSR count). The molecule has 6 atom stereocenters. The van der Waals surface area contributed by atoms with Crippen LogP contribution in [0.4, 0.5) is 13.2 Å². The summed E-state index contributed by atoms with van der Waals surface area (Å²) in [6.07, 6.45) is -4.81. The van der Waals surface area contributed by atoms with Gasteiger partial charge in [-0.25, -0.2) is 31.7 Å². The van der Waals surface area contributed by atoms with Crippen molar-refractivity contribution in [3.05, 3.63) is 27.4 Å². The second-order valence-electron chi connectivity index (χ2n) is 6.10. The van der Waals surface area contributed by atoms with E-state index in [9.17, 15) is 32.9 Å². The minimum atomic E-state index is -5.96. The fourth-order valence-corrected chi connectivity index (χ4v) is 5.65. The molecule has 2 heterocycles. The first-order valence-electron chi connectivity index (χ1n) is 7.74. The summed E-state index contributed by atoms with van der Waals surface area (Å²) in [4.78, 5) is 49.2. The van der Waals surface area contributed by atoms with Crippen molar-refractivity contribution >= 4 is 35.7 Å². The molecule has 0 aromatic carbocycles. The Kier molecular flexibility index (Phi) is 7.82. The van der Waals surface area contributed by atoms with Crippen molar-refractivity contribution in [2.24, 2.45) is 0 Å². The number of phosphoric acid groups is 3. The van der Waals surface area contributed by atoms with Crippen LogP contribution in [0.5, 0.6) is 0 Å². The predicted octanol–water partition coefficient (Wildman–Crippen LogP) is 0.482. The van der Waals surface area contributed by atoms with Crippen molar-refractivity contribution in [2.75, 3.05) is 13.3 Å². The van der Waals surface area contributed by atoms with Gasteiger partial charge in [-0.1, -0.05) is 12.2 Å². The number of nitrogens with zero attached hydrogens (tertiary/aromatic N) is 1. The first-order chi connectivity index (χ1) is 14.3. The zero-order chi connectivity index (χ0) is 24.8. The molecule has 0 spiro atoms. The number of hydrogen-bond acceptors (Lipinski definition) is 10. The number of H-pyrrole nitrogens is 1. The van der Waals surface area contributed by atoms with Gasteiger partial charge in [0.2, 0.25) is 5.67 Å². The molecule has 1 aromatic heterocycles. The number of alkyl halides is 3. The molecule has 0 amide bonds. The van der Waals surface area contributed by atoms with Gasteiger partial charge in [-0.15, -0.1) is 0 Å². The predicted molar refractivity (Wildman–Crippen MR) is 95.5 cm³/mol. The number of rotatable bonds is 9. The summed E-state index contributed by atoms with van der Waals surface area (Å²) in [5.74, 6) is -3.84. The molecule has 0 bridgehead atoms. The molecule has 0 saturated carbocycles. The van der Waals surface area contributed by atoms with Crippen LogP contribution in [-0.4, -0.2) is 65.1 Å². The highest BCUT2D eigenvalue weighted by molar-refractivity contribution is 7.71. The summed E-state index contributed by atoms with van der Waals surface area (Å²) < 4.78 is 92.5. The average Bonchev–Trinajstić information content (AvgIpc) is 2.80. The van der Waals surface area contributed by atoms with E-state index in [4.69, 9.17) is 14.7 Å². The topological polar surface area (TPSA) is 227 Å². The van der Waals surface area contributed by atoms with E-state index in [1.807, 2.05) is 4.98 Å². The minimum Gasteiger partial charge on any atom is -0.383 e. The first kappa shape index (κ1) is 27.5. The van der Waals surface area contributed by atoms with Crippen molar-refractivity contribution in [3.63, 3.8) is 0 Å². The number of nitrogens with one attached hydrogen (secondary N) is 1. The van der Waals surface area contributed by atoms with Gasteiger partial charge in [-0.05, 0) is 6.07 Å². The second-order valence-corrected chi connectivity index (χ2v) is 11.0. The quantitative estimate of drug-likeness (QED) is 0.181. The van der Waals surface area contributed by atoms with Crippen LogP contribution in [0, 0.1) is 4.64 Å². The Labute approximate surface area is 179 Å². The fourth-order valence-electron chi connectivity index (χ4n) is 2.47. The van der Waals surface area contributed by atoms with Crippen LogP contribution in [0.3, 0.4) is 0 Å². The maximum atomic E-state index is 15.0. The van der Waals surface area contributed by atoms with Gasteiger partial charge in [-0.3, -0.25) is 14.1 Å². The molecular formula is C10H14F3N2O13P3S. The van der Waals surface area contributed by atoms with Crippen LogP contribution in [-0.2, 0) is 31.6 Å². The third-order valence-corrected chi connectivity index (χ3v) is 7.75. The van der Waals surface area contributed by atoms with E-state index in [1.54, 1.807) is 0 Å². The van der Waals surface area contributed by atoms with Crippen molar-refractivity contribution in [1.29, 1.82) is 0 Å². The van der Waals surface area contributed by atoms with Crippen LogP contribution >= 0.6 is 35.7 Å². The molecule has 184 valence electrons. The van der Waals surface area contributed by atoms with E-state index < -0.39 is 66.3 Å². The Morgan fingerprint density at radius 2 is 1.78 bits per heavy atom. The zero-order valence-electron chi connectivity index (χ0n) is 15.1. The molecule has 1 fully saturated rings. The number of aromatic amines is 1. The van der Waals surface area contributed by atoms with Crippen LogP contribution in [0.1, 0.15) is 6.23 Å². The van der Waals surface area contributed by atoms with Gasteiger partial charge in [0, 0.05) is 6.20 Å². The van der Waals surface area contributed by atoms with Crippen LogP contribution in [0.25, 0.3) is 0 Å². The summed E-state index contributed by atoms with van der Waals surface area (Å²) in [5, 5.41) is 9.94. The molecule has 1 aliphatic heterocycles. The summed E-state index contributed by atoms with van der Waals surface area (Å²) in [6.45, 7) is -4.08. The normalized spacial score (nSPS) is 32.4. The number of aliphatic hydroxyl groups is 1. The first-order valence-corrected chi connectivity index (χ1v) is 12.7. The van der Waals surface area contributed by atoms with E-state index in [1.165, 1.54) is 0 Å². The standard InChI is InChI=1S/C10H14F3N2O13P3S/c11-3-9(12)6(16)10(13,26-7(9)15-2-1-5(32)14-8(15)17)4-25-30(21,22)28-31(23,24)27-29(18,19)20/h1-2,6-7,16H,3-4H2,(H,21,22)(H,23,24)(H,14,17,32)(H2,18,19,20)/t6-,7-,9?,10-/m1/s1. The van der Waals surface area contributed by atoms with Crippen LogP contribution in [0.2, 0.25) is 0 Å². The van der Waals surface area contributed by atoms with Crippen LogP contribution in [0.15, 0.2) is 17.1 Å². The lowest BCUT2D eigenvalue weighted by molar-refractivity contribution is -0.204. The smallest absolute Gasteiger partial charge is 0.383 e. The molecule has 15 nitrogen and oxygen atoms in total. The van der Waals surface area contributed by atoms with Crippen molar-refractivity contribution in [2.45, 2.75) is 23.9 Å². The molecule has 0 radical (unpaired) electrons. The Bertz CT molecular complexity index is 1130. The lowest BCUT2D eigenvalue weighted by Gasteiger charge is -2.26. The van der Waals surface area contributed by atoms with Gasteiger partial charge in [0.25, 0.3) is 5.85 Å². The van der Waals surface area contributed by atoms with Crippen LogP contribution < -0.4 is 5.69 Å². The number of aromatic nitrogens is 2. The van der Waals surface area contributed by atoms with Gasteiger partial charge >= 0.3 is 29.2 Å². The number of phosphoric ester groups is 1.